The van der Waals surface area contributed by atoms with Gasteiger partial charge in [-0.25, -0.2) is 0 Å². The third-order valence-corrected chi connectivity index (χ3v) is 5.07. The molecule has 4 nitrogen and oxygen atoms in total. The van der Waals surface area contributed by atoms with Crippen LogP contribution >= 0.6 is 0 Å². The summed E-state index contributed by atoms with van der Waals surface area (Å²) in [5.74, 6) is 1.14. The third kappa shape index (κ3) is 3.98. The summed E-state index contributed by atoms with van der Waals surface area (Å²) >= 11 is 0. The molecule has 0 aromatic rings. The minimum Gasteiger partial charge on any atom is -0.344 e. The highest BCUT2D eigenvalue weighted by Gasteiger charge is 2.36. The molecule has 21 heavy (non-hydrogen) atoms. The van der Waals surface area contributed by atoms with E-state index in [1.54, 1.807) is 0 Å². The van der Waals surface area contributed by atoms with E-state index in [1.807, 2.05) is 18.7 Å². The Morgan fingerprint density at radius 1 is 1.19 bits per heavy atom. The molecule has 2 fully saturated rings. The van der Waals surface area contributed by atoms with Crippen molar-refractivity contribution in [2.75, 3.05) is 6.54 Å². The monoisotopic (exact) mass is 294 g/mol. The lowest BCUT2D eigenvalue weighted by atomic mass is 9.82. The van der Waals surface area contributed by atoms with Crippen LogP contribution in [0.15, 0.2) is 0 Å². The van der Waals surface area contributed by atoms with Gasteiger partial charge in [-0.05, 0) is 37.5 Å². The van der Waals surface area contributed by atoms with Crippen molar-refractivity contribution >= 4 is 11.8 Å². The first-order valence-corrected chi connectivity index (χ1v) is 8.62. The van der Waals surface area contributed by atoms with Crippen molar-refractivity contribution in [3.8, 4) is 0 Å². The largest absolute Gasteiger partial charge is 0.344 e. The molecule has 120 valence electrons. The Labute approximate surface area is 128 Å². The van der Waals surface area contributed by atoms with Crippen molar-refractivity contribution in [2.45, 2.75) is 77.8 Å². The zero-order valence-electron chi connectivity index (χ0n) is 13.7. The average molecular weight is 294 g/mol. The van der Waals surface area contributed by atoms with E-state index in [1.165, 1.54) is 25.7 Å². The van der Waals surface area contributed by atoms with Gasteiger partial charge in [-0.3, -0.25) is 9.59 Å². The second-order valence-electron chi connectivity index (χ2n) is 7.03. The van der Waals surface area contributed by atoms with Gasteiger partial charge < -0.3 is 10.2 Å². The van der Waals surface area contributed by atoms with Crippen LogP contribution in [0.3, 0.4) is 0 Å². The van der Waals surface area contributed by atoms with Gasteiger partial charge in [-0.1, -0.05) is 33.6 Å². The molecule has 1 aliphatic heterocycles. The molecule has 2 amide bonds. The minimum absolute atomic E-state index is 0.0178. The van der Waals surface area contributed by atoms with Crippen molar-refractivity contribution < 1.29 is 9.59 Å². The average Bonchev–Trinajstić information content (AvgIpc) is 2.60. The van der Waals surface area contributed by atoms with Gasteiger partial charge in [-0.15, -0.1) is 0 Å². The van der Waals surface area contributed by atoms with E-state index in [4.69, 9.17) is 0 Å². The lowest BCUT2D eigenvalue weighted by molar-refractivity contribution is -0.137. The number of carbonyl (C=O) groups excluding carboxylic acids is 2. The maximum Gasteiger partial charge on any atom is 0.245 e. The van der Waals surface area contributed by atoms with Crippen LogP contribution in [0.1, 0.15) is 65.7 Å². The van der Waals surface area contributed by atoms with Crippen molar-refractivity contribution in [1.82, 2.24) is 10.2 Å². The molecule has 2 rings (SSSR count). The minimum atomic E-state index is -0.339. The molecule has 2 aliphatic rings. The highest BCUT2D eigenvalue weighted by atomic mass is 16.2. The summed E-state index contributed by atoms with van der Waals surface area (Å²) in [5.41, 5.74) is 0. The molecule has 0 bridgehead atoms. The zero-order valence-corrected chi connectivity index (χ0v) is 13.7. The van der Waals surface area contributed by atoms with Crippen LogP contribution in [0, 0.1) is 11.8 Å². The molecule has 1 heterocycles. The van der Waals surface area contributed by atoms with E-state index in [2.05, 4.69) is 12.2 Å². The molecule has 1 unspecified atom stereocenters. The van der Waals surface area contributed by atoms with E-state index in [9.17, 15) is 9.59 Å². The topological polar surface area (TPSA) is 49.4 Å². The summed E-state index contributed by atoms with van der Waals surface area (Å²) in [6.07, 6.45) is 7.70. The molecule has 1 saturated heterocycles. The lowest BCUT2D eigenvalue weighted by Gasteiger charge is -2.37. The molecule has 1 saturated carbocycles. The van der Waals surface area contributed by atoms with Crippen LogP contribution in [-0.2, 0) is 9.59 Å². The predicted octanol–water partition coefficient (Wildman–Crippen LogP) is 2.72. The SMILES string of the molecule is CCCC1CCC(N2CCC(=O)NC(C(C)C)C2=O)CC1. The summed E-state index contributed by atoms with van der Waals surface area (Å²) in [6.45, 7) is 6.85. The number of nitrogens with one attached hydrogen (secondary N) is 1. The number of amides is 2. The normalized spacial score (nSPS) is 31.2. The van der Waals surface area contributed by atoms with Gasteiger partial charge in [0, 0.05) is 19.0 Å². The maximum atomic E-state index is 12.8. The zero-order chi connectivity index (χ0) is 15.4. The Bertz CT molecular complexity index is 373. The first-order chi connectivity index (χ1) is 10.0. The molecule has 0 aromatic carbocycles. The van der Waals surface area contributed by atoms with Crippen LogP contribution in [0.25, 0.3) is 0 Å². The van der Waals surface area contributed by atoms with Crippen LogP contribution < -0.4 is 5.32 Å². The first-order valence-electron chi connectivity index (χ1n) is 8.62. The molecule has 0 spiro atoms. The van der Waals surface area contributed by atoms with Crippen LogP contribution in [-0.4, -0.2) is 35.3 Å². The Balaban J connectivity index is 2.01. The standard InChI is InChI=1S/C17H30N2O2/c1-4-5-13-6-8-14(9-7-13)19-11-10-15(20)18-16(12(2)3)17(19)21/h12-14,16H,4-11H2,1-3H3,(H,18,20). The summed E-state index contributed by atoms with van der Waals surface area (Å²) in [7, 11) is 0. The van der Waals surface area contributed by atoms with E-state index >= 15 is 0 Å². The van der Waals surface area contributed by atoms with Gasteiger partial charge in [0.25, 0.3) is 0 Å². The number of nitrogens with zero attached hydrogens (tertiary/aromatic N) is 1. The van der Waals surface area contributed by atoms with E-state index in [-0.39, 0.29) is 23.8 Å². The van der Waals surface area contributed by atoms with Crippen molar-refractivity contribution in [3.63, 3.8) is 0 Å². The number of rotatable bonds is 4. The van der Waals surface area contributed by atoms with E-state index < -0.39 is 0 Å². The third-order valence-electron chi connectivity index (χ3n) is 5.07. The summed E-state index contributed by atoms with van der Waals surface area (Å²) in [5, 5.41) is 2.90. The lowest BCUT2D eigenvalue weighted by Crippen LogP contribution is -2.51. The number of hydrogen-bond donors (Lipinski definition) is 1. The fourth-order valence-electron chi connectivity index (χ4n) is 3.79. The number of hydrogen-bond acceptors (Lipinski definition) is 2. The highest BCUT2D eigenvalue weighted by Crippen LogP contribution is 2.31. The van der Waals surface area contributed by atoms with E-state index in [0.717, 1.165) is 18.8 Å². The first kappa shape index (κ1) is 16.3. The van der Waals surface area contributed by atoms with Crippen molar-refractivity contribution in [1.29, 1.82) is 0 Å². The number of carbonyl (C=O) groups is 2. The Kier molecular flexibility index (Phi) is 5.65. The van der Waals surface area contributed by atoms with Crippen molar-refractivity contribution in [2.24, 2.45) is 11.8 Å². The van der Waals surface area contributed by atoms with Gasteiger partial charge in [0.2, 0.25) is 11.8 Å². The molecule has 1 N–H and O–H groups in total. The maximum absolute atomic E-state index is 12.8. The van der Waals surface area contributed by atoms with Crippen LogP contribution in [0.2, 0.25) is 0 Å². The summed E-state index contributed by atoms with van der Waals surface area (Å²) in [4.78, 5) is 26.6. The molecule has 1 aliphatic carbocycles. The van der Waals surface area contributed by atoms with Gasteiger partial charge >= 0.3 is 0 Å². The smallest absolute Gasteiger partial charge is 0.245 e. The van der Waals surface area contributed by atoms with E-state index in [0.29, 0.717) is 19.0 Å². The molecule has 1 atom stereocenters. The summed E-state index contributed by atoms with van der Waals surface area (Å²) < 4.78 is 0. The fourth-order valence-corrected chi connectivity index (χ4v) is 3.79. The fraction of sp³-hybridized carbons (Fsp3) is 0.882. The van der Waals surface area contributed by atoms with Gasteiger partial charge in [-0.2, -0.15) is 0 Å². The molecule has 0 aromatic heterocycles. The predicted molar refractivity (Wildman–Crippen MR) is 83.8 cm³/mol. The Morgan fingerprint density at radius 3 is 2.43 bits per heavy atom. The highest BCUT2D eigenvalue weighted by molar-refractivity contribution is 5.90. The van der Waals surface area contributed by atoms with Crippen LogP contribution in [0.4, 0.5) is 0 Å². The summed E-state index contributed by atoms with van der Waals surface area (Å²) in [6, 6.07) is 0.00733. The quantitative estimate of drug-likeness (QED) is 0.866. The van der Waals surface area contributed by atoms with Crippen LogP contribution in [0.5, 0.6) is 0 Å². The Hall–Kier alpha value is -1.06. The molecular formula is C17H30N2O2. The van der Waals surface area contributed by atoms with Crippen molar-refractivity contribution in [3.05, 3.63) is 0 Å². The second-order valence-corrected chi connectivity index (χ2v) is 7.03. The molecule has 4 heteroatoms. The molecule has 0 radical (unpaired) electrons. The van der Waals surface area contributed by atoms with Gasteiger partial charge in [0.05, 0.1) is 0 Å². The second kappa shape index (κ2) is 7.28. The molecular weight excluding hydrogens is 264 g/mol. The Morgan fingerprint density at radius 2 is 1.86 bits per heavy atom. The van der Waals surface area contributed by atoms with Gasteiger partial charge in [0.1, 0.15) is 6.04 Å². The van der Waals surface area contributed by atoms with Gasteiger partial charge in [0.15, 0.2) is 0 Å².